The van der Waals surface area contributed by atoms with Crippen molar-refractivity contribution >= 4 is 56.1 Å². The maximum atomic E-state index is 7.55. The summed E-state index contributed by atoms with van der Waals surface area (Å²) in [6.45, 7) is 6.94. The number of nitrogens with zero attached hydrogens (tertiary/aromatic N) is 2. The quantitative estimate of drug-likeness (QED) is 0.0908. The van der Waals surface area contributed by atoms with E-state index in [4.69, 9.17) is 13.9 Å². The molecule has 0 radical (unpaired) electrons. The van der Waals surface area contributed by atoms with Gasteiger partial charge in [-0.25, -0.2) is 0 Å². The summed E-state index contributed by atoms with van der Waals surface area (Å²) in [4.78, 5) is 4.95. The Balaban J connectivity index is 1.00. The Kier molecular flexibility index (Phi) is 16.6. The van der Waals surface area contributed by atoms with Gasteiger partial charge in [0.15, 0.2) is 0 Å². The van der Waals surface area contributed by atoms with Crippen LogP contribution in [0.1, 0.15) is 26.3 Å². The molecule has 5 nitrogen and oxygen atoms in total. The minimum absolute atomic E-state index is 0.385. The second-order valence-electron chi connectivity index (χ2n) is 26.0. The fourth-order valence-electron chi connectivity index (χ4n) is 13.7. The van der Waals surface area contributed by atoms with Gasteiger partial charge >= 0.3 is 0 Å². The number of rotatable bonds is 17. The fourth-order valence-corrected chi connectivity index (χ4v) is 13.7. The second-order valence-corrected chi connectivity index (χ2v) is 26.0. The topological polar surface area (TPSA) is 38.1 Å². The van der Waals surface area contributed by atoms with Crippen LogP contribution in [0.5, 0.6) is 23.0 Å². The first kappa shape index (κ1) is 61.2. The highest BCUT2D eigenvalue weighted by atomic mass is 16.5. The van der Waals surface area contributed by atoms with Crippen molar-refractivity contribution in [2.45, 2.75) is 26.2 Å². The lowest BCUT2D eigenvalue weighted by atomic mass is 9.85. The van der Waals surface area contributed by atoms with Gasteiger partial charge in [0.05, 0.1) is 22.4 Å². The third kappa shape index (κ3) is 12.5. The number of ether oxygens (including phenoxy) is 2. The molecule has 0 saturated heterocycles. The normalized spacial score (nSPS) is 11.4. The molecule has 0 bridgehead atoms. The average molecular weight is 1280 g/mol. The van der Waals surface area contributed by atoms with Gasteiger partial charge in [0.1, 0.15) is 34.2 Å². The highest BCUT2D eigenvalue weighted by Gasteiger charge is 2.30. The van der Waals surface area contributed by atoms with Crippen LogP contribution in [0.25, 0.3) is 99.8 Å². The van der Waals surface area contributed by atoms with Crippen LogP contribution in [0.4, 0.5) is 34.1 Å². The lowest BCUT2D eigenvalue weighted by molar-refractivity contribution is 0.463. The van der Waals surface area contributed by atoms with Crippen molar-refractivity contribution in [3.8, 4) is 101 Å². The lowest BCUT2D eigenvalue weighted by Gasteiger charge is -2.35. The monoisotopic (exact) mass is 1270 g/mol. The molecule has 5 heteroatoms. The molecule has 0 saturated carbocycles. The van der Waals surface area contributed by atoms with Crippen LogP contribution in [0.2, 0.25) is 0 Å². The standard InChI is InChI=1S/C94H70N2O3/c1-94(2,3)74-59-76(95(75-47-27-45-72(57-75)65-31-11-4-12-32-65)91-82(67-35-15-6-16-36-67)50-29-51-83(91)68-37-17-7-18-38-68)61-77(60-74)96(92-84(69-39-19-8-20-40-69)52-30-53-85(92)70-41-21-9-22-42-70)78-62-80(97-79-48-28-46-73(58-79)66-33-13-5-14-34-66)64-81(63-78)98-89-56-55-86(71-43-23-10-24-44-71)93-90(89)87-49-25-26-54-88(87)99-93/h4-64H,1-3H3. The van der Waals surface area contributed by atoms with Gasteiger partial charge in [-0.3, -0.25) is 0 Å². The maximum absolute atomic E-state index is 7.55. The van der Waals surface area contributed by atoms with E-state index < -0.39 is 0 Å². The lowest BCUT2D eigenvalue weighted by Crippen LogP contribution is -2.19. The highest BCUT2D eigenvalue weighted by Crippen LogP contribution is 2.54. The number of hydrogen-bond donors (Lipinski definition) is 0. The largest absolute Gasteiger partial charge is 0.457 e. The molecule has 0 fully saturated rings. The van der Waals surface area contributed by atoms with E-state index in [-0.39, 0.29) is 5.41 Å². The Hall–Kier alpha value is -12.7. The summed E-state index contributed by atoms with van der Waals surface area (Å²) in [5.41, 5.74) is 22.8. The van der Waals surface area contributed by atoms with Crippen molar-refractivity contribution in [1.82, 2.24) is 0 Å². The Labute approximate surface area is 579 Å². The van der Waals surface area contributed by atoms with Crippen molar-refractivity contribution in [1.29, 1.82) is 0 Å². The zero-order valence-electron chi connectivity index (χ0n) is 55.3. The van der Waals surface area contributed by atoms with E-state index in [2.05, 4.69) is 364 Å². The molecule has 474 valence electrons. The molecule has 0 atom stereocenters. The SMILES string of the molecule is CC(C)(C)c1cc(N(c2cc(Oc3cccc(-c4ccccc4)c3)cc(Oc3ccc(-c4ccccc4)c4oc5ccccc5c34)c2)c2c(-c3ccccc3)cccc2-c2ccccc2)cc(N(c2cccc(-c3ccccc3)c2)c2c(-c3ccccc3)cccc2-c2ccccc2)c1. The summed E-state index contributed by atoms with van der Waals surface area (Å²) in [5, 5.41) is 1.82. The van der Waals surface area contributed by atoms with Gasteiger partial charge in [0.2, 0.25) is 0 Å². The molecule has 15 aromatic carbocycles. The first-order chi connectivity index (χ1) is 48.7. The molecular formula is C94H70N2O3. The van der Waals surface area contributed by atoms with Gasteiger partial charge in [-0.15, -0.1) is 0 Å². The van der Waals surface area contributed by atoms with Gasteiger partial charge in [0, 0.05) is 68.5 Å². The molecule has 0 aliphatic heterocycles. The van der Waals surface area contributed by atoms with Gasteiger partial charge in [-0.1, -0.05) is 312 Å². The third-order valence-electron chi connectivity index (χ3n) is 18.5. The van der Waals surface area contributed by atoms with Crippen LogP contribution in [0, 0.1) is 0 Å². The molecule has 0 N–H and O–H groups in total. The fraction of sp³-hybridized carbons (Fsp3) is 0.0426. The van der Waals surface area contributed by atoms with Crippen molar-refractivity contribution < 1.29 is 13.9 Å². The summed E-state index contributed by atoms with van der Waals surface area (Å²) in [5.74, 6) is 2.44. The predicted octanol–water partition coefficient (Wildman–Crippen LogP) is 27.1. The first-order valence-corrected chi connectivity index (χ1v) is 33.8. The van der Waals surface area contributed by atoms with Crippen LogP contribution < -0.4 is 19.3 Å². The average Bonchev–Trinajstić information content (AvgIpc) is 1.75. The molecular weight excluding hydrogens is 1210 g/mol. The summed E-state index contributed by atoms with van der Waals surface area (Å²) < 4.78 is 21.7. The van der Waals surface area contributed by atoms with Crippen LogP contribution >= 0.6 is 0 Å². The van der Waals surface area contributed by atoms with Crippen LogP contribution in [-0.2, 0) is 5.41 Å². The summed E-state index contributed by atoms with van der Waals surface area (Å²) in [6.07, 6.45) is 0. The van der Waals surface area contributed by atoms with E-state index in [1.807, 2.05) is 36.4 Å². The second kappa shape index (κ2) is 26.8. The molecule has 1 heterocycles. The van der Waals surface area contributed by atoms with E-state index in [0.29, 0.717) is 23.0 Å². The third-order valence-corrected chi connectivity index (χ3v) is 18.5. The minimum atomic E-state index is -0.385. The van der Waals surface area contributed by atoms with Crippen molar-refractivity contribution in [3.63, 3.8) is 0 Å². The number of hydrogen-bond acceptors (Lipinski definition) is 5. The predicted molar refractivity (Wildman–Crippen MR) is 413 cm³/mol. The molecule has 0 amide bonds. The Morgan fingerprint density at radius 2 is 0.646 bits per heavy atom. The van der Waals surface area contributed by atoms with Crippen molar-refractivity contribution in [2.24, 2.45) is 0 Å². The van der Waals surface area contributed by atoms with E-state index in [1.165, 1.54) is 0 Å². The molecule has 1 aromatic heterocycles. The number of furan rings is 1. The molecule has 0 aliphatic rings. The molecule has 16 aromatic rings. The van der Waals surface area contributed by atoms with Crippen LogP contribution in [0.15, 0.2) is 374 Å². The molecule has 99 heavy (non-hydrogen) atoms. The Bertz CT molecular complexity index is 5400. The number of benzene rings is 15. The Morgan fingerprint density at radius 3 is 1.13 bits per heavy atom. The molecule has 0 unspecified atom stereocenters. The first-order valence-electron chi connectivity index (χ1n) is 33.8. The summed E-state index contributed by atoms with van der Waals surface area (Å²) in [7, 11) is 0. The van der Waals surface area contributed by atoms with Gasteiger partial charge in [-0.05, 0) is 122 Å². The number of para-hydroxylation sites is 3. The Morgan fingerprint density at radius 1 is 0.263 bits per heavy atom. The van der Waals surface area contributed by atoms with Gasteiger partial charge < -0.3 is 23.7 Å². The minimum Gasteiger partial charge on any atom is -0.457 e. The van der Waals surface area contributed by atoms with Crippen molar-refractivity contribution in [3.05, 3.63) is 376 Å². The van der Waals surface area contributed by atoms with Gasteiger partial charge in [-0.2, -0.15) is 0 Å². The van der Waals surface area contributed by atoms with Gasteiger partial charge in [0.25, 0.3) is 0 Å². The zero-order valence-corrected chi connectivity index (χ0v) is 55.3. The number of anilines is 6. The van der Waals surface area contributed by atoms with E-state index in [1.54, 1.807) is 0 Å². The summed E-state index contributed by atoms with van der Waals surface area (Å²) >= 11 is 0. The zero-order chi connectivity index (χ0) is 66.7. The number of fused-ring (bicyclic) bond motifs is 3. The van der Waals surface area contributed by atoms with Crippen LogP contribution in [0.3, 0.4) is 0 Å². The van der Waals surface area contributed by atoms with Crippen LogP contribution in [-0.4, -0.2) is 0 Å². The van der Waals surface area contributed by atoms with E-state index in [0.717, 1.165) is 140 Å². The summed E-state index contributed by atoms with van der Waals surface area (Å²) in [6, 6.07) is 131. The smallest absolute Gasteiger partial charge is 0.147 e. The van der Waals surface area contributed by atoms with E-state index in [9.17, 15) is 0 Å². The maximum Gasteiger partial charge on any atom is 0.147 e. The highest BCUT2D eigenvalue weighted by molar-refractivity contribution is 6.13. The van der Waals surface area contributed by atoms with E-state index >= 15 is 0 Å². The molecule has 0 spiro atoms. The molecule has 16 rings (SSSR count). The molecule has 0 aliphatic carbocycles. The van der Waals surface area contributed by atoms with Crippen molar-refractivity contribution in [2.75, 3.05) is 9.80 Å².